The first-order valence-electron chi connectivity index (χ1n) is 5.48. The Kier molecular flexibility index (Phi) is 3.19. The van der Waals surface area contributed by atoms with Gasteiger partial charge in [0.15, 0.2) is 0 Å². The van der Waals surface area contributed by atoms with Crippen molar-refractivity contribution in [2.24, 2.45) is 0 Å². The largest absolute Gasteiger partial charge is 0.398 e. The van der Waals surface area contributed by atoms with E-state index in [-0.39, 0.29) is 16.9 Å². The number of nitrogens with one attached hydrogen (secondary N) is 3. The van der Waals surface area contributed by atoms with Gasteiger partial charge in [0.2, 0.25) is 0 Å². The fraction of sp³-hybridized carbons (Fsp3) is 0.0833. The Morgan fingerprint density at radius 3 is 2.53 bits per heavy atom. The summed E-state index contributed by atoms with van der Waals surface area (Å²) < 4.78 is 0. The molecule has 0 aliphatic carbocycles. The van der Waals surface area contributed by atoms with Gasteiger partial charge in [-0.1, -0.05) is 12.1 Å². The van der Waals surface area contributed by atoms with Crippen LogP contribution >= 0.6 is 0 Å². The highest BCUT2D eigenvalue weighted by Gasteiger charge is 2.13. The average molecular weight is 260 g/mol. The van der Waals surface area contributed by atoms with Gasteiger partial charge in [-0.15, -0.1) is 0 Å². The van der Waals surface area contributed by atoms with E-state index in [0.29, 0.717) is 5.69 Å². The number of H-pyrrole nitrogens is 2. The number of aromatic amines is 2. The van der Waals surface area contributed by atoms with Gasteiger partial charge < -0.3 is 16.0 Å². The second-order valence-electron chi connectivity index (χ2n) is 3.95. The molecule has 0 fully saturated rings. The lowest BCUT2D eigenvalue weighted by molar-refractivity contribution is 0.102. The molecular formula is C12H12N4O3. The minimum absolute atomic E-state index is 0.00662. The summed E-state index contributed by atoms with van der Waals surface area (Å²) >= 11 is 0. The zero-order valence-electron chi connectivity index (χ0n) is 10.1. The van der Waals surface area contributed by atoms with E-state index in [0.717, 1.165) is 0 Å². The number of hydrogen-bond acceptors (Lipinski definition) is 4. The smallest absolute Gasteiger partial charge is 0.326 e. The maximum atomic E-state index is 12.0. The molecule has 0 spiro atoms. The summed E-state index contributed by atoms with van der Waals surface area (Å²) in [5, 5.41) is 2.43. The number of aromatic nitrogens is 2. The topological polar surface area (TPSA) is 121 Å². The quantitative estimate of drug-likeness (QED) is 0.576. The predicted molar refractivity (Wildman–Crippen MR) is 71.2 cm³/mol. The van der Waals surface area contributed by atoms with Gasteiger partial charge in [-0.3, -0.25) is 14.6 Å². The third-order valence-electron chi connectivity index (χ3n) is 2.57. The van der Waals surface area contributed by atoms with E-state index >= 15 is 0 Å². The summed E-state index contributed by atoms with van der Waals surface area (Å²) in [6.45, 7) is 1.51. The number of nitrogens with two attached hydrogens (primary N) is 1. The molecule has 1 amide bonds. The molecule has 1 aromatic heterocycles. The Hall–Kier alpha value is -2.83. The number of carbonyl (C=O) groups excluding carboxylic acids is 1. The molecule has 5 N–H and O–H groups in total. The van der Waals surface area contributed by atoms with Crippen LogP contribution in [0.3, 0.4) is 0 Å². The van der Waals surface area contributed by atoms with Crippen LogP contribution in [0, 0.1) is 6.92 Å². The summed E-state index contributed by atoms with van der Waals surface area (Å²) in [4.78, 5) is 39.0. The molecule has 0 saturated heterocycles. The van der Waals surface area contributed by atoms with E-state index in [9.17, 15) is 14.4 Å². The molecule has 0 bridgehead atoms. The summed E-state index contributed by atoms with van der Waals surface area (Å²) in [5.74, 6) is -0.515. The second kappa shape index (κ2) is 4.81. The monoisotopic (exact) mass is 260 g/mol. The molecular weight excluding hydrogens is 248 g/mol. The standard InChI is InChI=1S/C12H12N4O3/c1-6-9(11(18)16-12(19)14-6)15-10(17)7-4-2-3-5-8(7)13/h2-5H,13H2,1H3,(H,15,17)(H2,14,16,18,19). The average Bonchev–Trinajstić information content (AvgIpc) is 2.34. The van der Waals surface area contributed by atoms with Crippen LogP contribution in [-0.2, 0) is 0 Å². The van der Waals surface area contributed by atoms with Crippen molar-refractivity contribution in [1.29, 1.82) is 0 Å². The van der Waals surface area contributed by atoms with Crippen LogP contribution in [-0.4, -0.2) is 15.9 Å². The Morgan fingerprint density at radius 2 is 1.89 bits per heavy atom. The van der Waals surface area contributed by atoms with E-state index < -0.39 is 17.2 Å². The maximum absolute atomic E-state index is 12.0. The van der Waals surface area contributed by atoms with Crippen molar-refractivity contribution >= 4 is 17.3 Å². The lowest BCUT2D eigenvalue weighted by atomic mass is 10.1. The Balaban J connectivity index is 2.38. The molecule has 0 atom stereocenters. The first-order chi connectivity index (χ1) is 8.99. The Morgan fingerprint density at radius 1 is 1.21 bits per heavy atom. The van der Waals surface area contributed by atoms with Crippen molar-refractivity contribution in [3.8, 4) is 0 Å². The molecule has 98 valence electrons. The zero-order valence-corrected chi connectivity index (χ0v) is 10.1. The summed E-state index contributed by atoms with van der Waals surface area (Å²) in [5.41, 5.74) is 5.21. The van der Waals surface area contributed by atoms with Crippen molar-refractivity contribution in [2.75, 3.05) is 11.1 Å². The molecule has 7 nitrogen and oxygen atoms in total. The first kappa shape index (κ1) is 12.6. The fourth-order valence-electron chi connectivity index (χ4n) is 1.64. The molecule has 0 saturated carbocycles. The summed E-state index contributed by atoms with van der Waals surface area (Å²) in [7, 11) is 0. The van der Waals surface area contributed by atoms with Crippen molar-refractivity contribution in [2.45, 2.75) is 6.92 Å². The van der Waals surface area contributed by atoms with Gasteiger partial charge in [-0.05, 0) is 19.1 Å². The van der Waals surface area contributed by atoms with Gasteiger partial charge in [0.1, 0.15) is 5.69 Å². The third kappa shape index (κ3) is 2.54. The Bertz CT molecular complexity index is 745. The van der Waals surface area contributed by atoms with E-state index in [1.807, 2.05) is 4.98 Å². The van der Waals surface area contributed by atoms with E-state index in [2.05, 4.69) is 10.3 Å². The second-order valence-corrected chi connectivity index (χ2v) is 3.95. The SMILES string of the molecule is Cc1[nH]c(=O)[nH]c(=O)c1NC(=O)c1ccccc1N. The van der Waals surface area contributed by atoms with E-state index in [4.69, 9.17) is 5.73 Å². The molecule has 19 heavy (non-hydrogen) atoms. The van der Waals surface area contributed by atoms with Crippen LogP contribution in [0.1, 0.15) is 16.1 Å². The van der Waals surface area contributed by atoms with Crippen molar-refractivity contribution in [3.63, 3.8) is 0 Å². The highest BCUT2D eigenvalue weighted by Crippen LogP contribution is 2.12. The molecule has 0 radical (unpaired) electrons. The normalized spacial score (nSPS) is 10.2. The number of nitrogen functional groups attached to an aromatic ring is 1. The minimum atomic E-state index is -0.663. The van der Waals surface area contributed by atoms with Gasteiger partial charge in [0, 0.05) is 11.4 Å². The molecule has 2 aromatic rings. The maximum Gasteiger partial charge on any atom is 0.326 e. The van der Waals surface area contributed by atoms with E-state index in [1.165, 1.54) is 6.92 Å². The van der Waals surface area contributed by atoms with Crippen molar-refractivity contribution in [1.82, 2.24) is 9.97 Å². The number of benzene rings is 1. The Labute approximate surface area is 107 Å². The minimum Gasteiger partial charge on any atom is -0.398 e. The zero-order chi connectivity index (χ0) is 14.0. The van der Waals surface area contributed by atoms with Crippen molar-refractivity contribution < 1.29 is 4.79 Å². The van der Waals surface area contributed by atoms with Crippen LogP contribution in [0.2, 0.25) is 0 Å². The number of aryl methyl sites for hydroxylation is 1. The van der Waals surface area contributed by atoms with Crippen LogP contribution in [0.4, 0.5) is 11.4 Å². The summed E-state index contributed by atoms with van der Waals surface area (Å²) in [6.07, 6.45) is 0. The number of anilines is 2. The fourth-order valence-corrected chi connectivity index (χ4v) is 1.64. The molecule has 1 heterocycles. The third-order valence-corrected chi connectivity index (χ3v) is 2.57. The molecule has 1 aromatic carbocycles. The highest BCUT2D eigenvalue weighted by molar-refractivity contribution is 6.07. The molecule has 7 heteroatoms. The lowest BCUT2D eigenvalue weighted by Crippen LogP contribution is -2.28. The van der Waals surface area contributed by atoms with Crippen LogP contribution in [0.25, 0.3) is 0 Å². The number of carbonyl (C=O) groups is 1. The van der Waals surface area contributed by atoms with E-state index in [1.54, 1.807) is 24.3 Å². The molecule has 0 aliphatic heterocycles. The lowest BCUT2D eigenvalue weighted by Gasteiger charge is -2.08. The number of rotatable bonds is 2. The van der Waals surface area contributed by atoms with Gasteiger partial charge >= 0.3 is 5.69 Å². The summed E-state index contributed by atoms with van der Waals surface area (Å²) in [6, 6.07) is 6.48. The molecule has 2 rings (SSSR count). The van der Waals surface area contributed by atoms with Gasteiger partial charge in [-0.2, -0.15) is 0 Å². The molecule has 0 aliphatic rings. The van der Waals surface area contributed by atoms with Crippen LogP contribution in [0.15, 0.2) is 33.9 Å². The van der Waals surface area contributed by atoms with Crippen LogP contribution in [0.5, 0.6) is 0 Å². The van der Waals surface area contributed by atoms with Crippen molar-refractivity contribution in [3.05, 3.63) is 56.4 Å². The number of para-hydroxylation sites is 1. The van der Waals surface area contributed by atoms with Gasteiger partial charge in [0.25, 0.3) is 11.5 Å². The highest BCUT2D eigenvalue weighted by atomic mass is 16.2. The number of amides is 1. The predicted octanol–water partition coefficient (Wildman–Crippen LogP) is 0.206. The van der Waals surface area contributed by atoms with Crippen LogP contribution < -0.4 is 22.3 Å². The molecule has 0 unspecified atom stereocenters. The first-order valence-corrected chi connectivity index (χ1v) is 5.48. The number of hydrogen-bond donors (Lipinski definition) is 4. The van der Waals surface area contributed by atoms with Gasteiger partial charge in [0.05, 0.1) is 5.56 Å². The van der Waals surface area contributed by atoms with Gasteiger partial charge in [-0.25, -0.2) is 4.79 Å².